The fourth-order valence-electron chi connectivity index (χ4n) is 3.89. The second-order valence-corrected chi connectivity index (χ2v) is 8.76. The van der Waals surface area contributed by atoms with Crippen LogP contribution in [-0.2, 0) is 9.53 Å². The highest BCUT2D eigenvalue weighted by Gasteiger charge is 2.33. The molecule has 4 rings (SSSR count). The minimum absolute atomic E-state index is 0.222. The van der Waals surface area contributed by atoms with Crippen LogP contribution in [-0.4, -0.2) is 30.9 Å². The van der Waals surface area contributed by atoms with E-state index < -0.39 is 12.0 Å². The van der Waals surface area contributed by atoms with Crippen molar-refractivity contribution < 1.29 is 19.0 Å². The fourth-order valence-corrected chi connectivity index (χ4v) is 4.94. The van der Waals surface area contributed by atoms with Gasteiger partial charge < -0.3 is 14.2 Å². The van der Waals surface area contributed by atoms with Crippen LogP contribution < -0.4 is 24.4 Å². The van der Waals surface area contributed by atoms with Crippen LogP contribution in [0.15, 0.2) is 82.2 Å². The van der Waals surface area contributed by atoms with Crippen LogP contribution in [0.2, 0.25) is 0 Å². The van der Waals surface area contributed by atoms with E-state index in [1.807, 2.05) is 36.4 Å². The summed E-state index contributed by atoms with van der Waals surface area (Å²) < 4.78 is 18.3. The number of hydrogen-bond donors (Lipinski definition) is 0. The highest BCUT2D eigenvalue weighted by Crippen LogP contribution is 2.31. The molecule has 7 nitrogen and oxygen atoms in total. The van der Waals surface area contributed by atoms with E-state index in [0.29, 0.717) is 38.7 Å². The number of aromatic nitrogens is 1. The molecular weight excluding hydrogens is 464 g/mol. The molecule has 8 heteroatoms. The van der Waals surface area contributed by atoms with Gasteiger partial charge >= 0.3 is 5.97 Å². The standard InChI is InChI=1S/C27H26N2O5S/c1-5-14-34-21-9-7-8-18(15-21)16-22-25(30)29-24(19-10-12-20(32-4)13-11-19)23(26(31)33-6-2)17(3)28-27(29)35-22/h5,7-13,15-16,24H,1,6,14H2,2-4H3/b22-16-. The molecule has 2 aromatic carbocycles. The number of methoxy groups -OCH3 is 1. The van der Waals surface area contributed by atoms with Crippen molar-refractivity contribution >= 4 is 23.4 Å². The van der Waals surface area contributed by atoms with Crippen molar-refractivity contribution in [2.24, 2.45) is 4.99 Å². The third-order valence-electron chi connectivity index (χ3n) is 5.47. The molecule has 0 bridgehead atoms. The van der Waals surface area contributed by atoms with E-state index in [4.69, 9.17) is 14.2 Å². The molecule has 0 aliphatic carbocycles. The molecule has 1 atom stereocenters. The third kappa shape index (κ3) is 4.97. The lowest BCUT2D eigenvalue weighted by molar-refractivity contribution is -0.139. The number of fused-ring (bicyclic) bond motifs is 1. The third-order valence-corrected chi connectivity index (χ3v) is 6.46. The van der Waals surface area contributed by atoms with Gasteiger partial charge in [-0.05, 0) is 55.3 Å². The number of ether oxygens (including phenoxy) is 3. The van der Waals surface area contributed by atoms with E-state index in [-0.39, 0.29) is 12.2 Å². The Hall–Kier alpha value is -3.91. The normalized spacial score (nSPS) is 15.3. The van der Waals surface area contributed by atoms with Crippen LogP contribution in [0.4, 0.5) is 0 Å². The largest absolute Gasteiger partial charge is 0.497 e. The van der Waals surface area contributed by atoms with Gasteiger partial charge in [0, 0.05) is 0 Å². The first-order valence-corrected chi connectivity index (χ1v) is 12.0. The Balaban J connectivity index is 1.87. The van der Waals surface area contributed by atoms with Gasteiger partial charge in [0.15, 0.2) is 4.80 Å². The SMILES string of the molecule is C=CCOc1cccc(/C=c2\sc3n(c2=O)C(c2ccc(OC)cc2)C(C(=O)OCC)=C(C)N=3)c1. The van der Waals surface area contributed by atoms with E-state index in [2.05, 4.69) is 11.6 Å². The number of carbonyl (C=O) groups is 1. The zero-order chi connectivity index (χ0) is 24.9. The zero-order valence-corrected chi connectivity index (χ0v) is 20.6. The summed E-state index contributed by atoms with van der Waals surface area (Å²) >= 11 is 1.28. The Labute approximate surface area is 206 Å². The summed E-state index contributed by atoms with van der Waals surface area (Å²) in [5.41, 5.74) is 2.21. The molecular formula is C27H26N2O5S. The molecule has 0 fully saturated rings. The first-order valence-electron chi connectivity index (χ1n) is 11.1. The molecule has 0 N–H and O–H groups in total. The van der Waals surface area contributed by atoms with Crippen LogP contribution >= 0.6 is 11.3 Å². The maximum Gasteiger partial charge on any atom is 0.338 e. The van der Waals surface area contributed by atoms with Gasteiger partial charge in [0.2, 0.25) is 0 Å². The Morgan fingerprint density at radius 2 is 1.97 bits per heavy atom. The van der Waals surface area contributed by atoms with Gasteiger partial charge in [0.1, 0.15) is 18.1 Å². The van der Waals surface area contributed by atoms with Gasteiger partial charge in [-0.25, -0.2) is 9.79 Å². The molecule has 0 saturated carbocycles. The Bertz CT molecular complexity index is 1460. The lowest BCUT2D eigenvalue weighted by Gasteiger charge is -2.24. The molecule has 1 aliphatic heterocycles. The summed E-state index contributed by atoms with van der Waals surface area (Å²) in [7, 11) is 1.59. The monoisotopic (exact) mass is 490 g/mol. The quantitative estimate of drug-likeness (QED) is 0.357. The van der Waals surface area contributed by atoms with E-state index >= 15 is 0 Å². The Morgan fingerprint density at radius 3 is 2.66 bits per heavy atom. The first-order chi connectivity index (χ1) is 17.0. The molecule has 1 unspecified atom stereocenters. The lowest BCUT2D eigenvalue weighted by Crippen LogP contribution is -2.39. The predicted octanol–water partition coefficient (Wildman–Crippen LogP) is 3.37. The molecule has 1 aromatic heterocycles. The lowest BCUT2D eigenvalue weighted by atomic mass is 9.96. The number of thiazole rings is 1. The fraction of sp³-hybridized carbons (Fsp3) is 0.222. The zero-order valence-electron chi connectivity index (χ0n) is 19.8. The summed E-state index contributed by atoms with van der Waals surface area (Å²) in [6.45, 7) is 7.79. The van der Waals surface area contributed by atoms with Gasteiger partial charge in [-0.1, -0.05) is 48.3 Å². The number of nitrogens with zero attached hydrogens (tertiary/aromatic N) is 2. The molecule has 3 aromatic rings. The van der Waals surface area contributed by atoms with Gasteiger partial charge in [0.05, 0.1) is 35.6 Å². The van der Waals surface area contributed by atoms with Crippen molar-refractivity contribution in [1.29, 1.82) is 0 Å². The summed E-state index contributed by atoms with van der Waals surface area (Å²) in [6.07, 6.45) is 3.48. The van der Waals surface area contributed by atoms with Crippen LogP contribution in [0.3, 0.4) is 0 Å². The summed E-state index contributed by atoms with van der Waals surface area (Å²) in [5, 5.41) is 0. The van der Waals surface area contributed by atoms with Crippen molar-refractivity contribution in [2.45, 2.75) is 19.9 Å². The Kier molecular flexibility index (Phi) is 7.31. The van der Waals surface area contributed by atoms with Crippen molar-refractivity contribution in [2.75, 3.05) is 20.3 Å². The van der Waals surface area contributed by atoms with Crippen LogP contribution in [0.25, 0.3) is 6.08 Å². The predicted molar refractivity (Wildman–Crippen MR) is 136 cm³/mol. The van der Waals surface area contributed by atoms with Crippen molar-refractivity contribution in [3.05, 3.63) is 103 Å². The van der Waals surface area contributed by atoms with Crippen molar-refractivity contribution in [1.82, 2.24) is 4.57 Å². The smallest absolute Gasteiger partial charge is 0.338 e. The molecule has 1 aliphatic rings. The summed E-state index contributed by atoms with van der Waals surface area (Å²) in [5.74, 6) is 0.872. The van der Waals surface area contributed by atoms with E-state index in [1.165, 1.54) is 11.3 Å². The van der Waals surface area contributed by atoms with Gasteiger partial charge in [-0.15, -0.1) is 0 Å². The number of esters is 1. The van der Waals surface area contributed by atoms with E-state index in [9.17, 15) is 9.59 Å². The van der Waals surface area contributed by atoms with E-state index in [0.717, 1.165) is 11.1 Å². The van der Waals surface area contributed by atoms with Crippen LogP contribution in [0, 0.1) is 0 Å². The number of benzene rings is 2. The molecule has 180 valence electrons. The number of rotatable bonds is 8. The second-order valence-electron chi connectivity index (χ2n) is 7.75. The Morgan fingerprint density at radius 1 is 1.20 bits per heavy atom. The molecule has 0 radical (unpaired) electrons. The topological polar surface area (TPSA) is 79.1 Å². The first kappa shape index (κ1) is 24.2. The molecule has 2 heterocycles. The second kappa shape index (κ2) is 10.6. The minimum Gasteiger partial charge on any atom is -0.497 e. The van der Waals surface area contributed by atoms with Gasteiger partial charge in [-0.2, -0.15) is 0 Å². The minimum atomic E-state index is -0.666. The molecule has 35 heavy (non-hydrogen) atoms. The van der Waals surface area contributed by atoms with Crippen LogP contribution in [0.1, 0.15) is 31.0 Å². The summed E-state index contributed by atoms with van der Waals surface area (Å²) in [4.78, 5) is 31.7. The molecule has 0 saturated heterocycles. The van der Waals surface area contributed by atoms with Crippen molar-refractivity contribution in [3.63, 3.8) is 0 Å². The van der Waals surface area contributed by atoms with Gasteiger partial charge in [-0.3, -0.25) is 9.36 Å². The average molecular weight is 491 g/mol. The maximum atomic E-state index is 13.7. The number of allylic oxidation sites excluding steroid dienone is 1. The highest BCUT2D eigenvalue weighted by atomic mass is 32.1. The van der Waals surface area contributed by atoms with E-state index in [1.54, 1.807) is 49.8 Å². The highest BCUT2D eigenvalue weighted by molar-refractivity contribution is 7.07. The average Bonchev–Trinajstić information content (AvgIpc) is 3.16. The van der Waals surface area contributed by atoms with Gasteiger partial charge in [0.25, 0.3) is 5.56 Å². The maximum absolute atomic E-state index is 13.7. The summed E-state index contributed by atoms with van der Waals surface area (Å²) in [6, 6.07) is 14.1. The van der Waals surface area contributed by atoms with Crippen molar-refractivity contribution in [3.8, 4) is 11.5 Å². The molecule has 0 amide bonds. The van der Waals surface area contributed by atoms with Crippen LogP contribution in [0.5, 0.6) is 11.5 Å². The molecule has 0 spiro atoms. The number of hydrogen-bond acceptors (Lipinski definition) is 7. The number of carbonyl (C=O) groups excluding carboxylic acids is 1.